The van der Waals surface area contributed by atoms with Crippen molar-refractivity contribution >= 4 is 21.6 Å². The van der Waals surface area contributed by atoms with Crippen molar-refractivity contribution in [1.82, 2.24) is 0 Å². The van der Waals surface area contributed by atoms with Gasteiger partial charge < -0.3 is 0 Å². The Morgan fingerprint density at radius 1 is 0.684 bits per heavy atom. The number of methoxy groups -OCH3 is 2. The van der Waals surface area contributed by atoms with E-state index in [2.05, 4.69) is 0 Å². The van der Waals surface area contributed by atoms with Gasteiger partial charge in [0.15, 0.2) is 0 Å². The number of ether oxygens (including phenoxy) is 2. The zero-order valence-electron chi connectivity index (χ0n) is 10.7. The molecule has 19 heavy (non-hydrogen) atoms. The number of benzene rings is 2. The zero-order chi connectivity index (χ0) is 13.9. The van der Waals surface area contributed by atoms with Crippen LogP contribution in [0.15, 0.2) is 48.5 Å². The molecule has 0 aliphatic carbocycles. The van der Waals surface area contributed by atoms with Gasteiger partial charge in [-0.25, -0.2) is 0 Å². The molecule has 0 spiro atoms. The maximum absolute atomic E-state index is 12.4. The van der Waals surface area contributed by atoms with Crippen LogP contribution in [-0.4, -0.2) is 26.9 Å². The van der Waals surface area contributed by atoms with Crippen molar-refractivity contribution in [2.45, 2.75) is 0 Å². The Labute approximate surface area is 113 Å². The van der Waals surface area contributed by atoms with Crippen molar-refractivity contribution in [3.05, 3.63) is 48.5 Å². The molecule has 0 N–H and O–H groups in total. The molecule has 2 rings (SSSR count). The first-order chi connectivity index (χ1) is 9.07. The van der Waals surface area contributed by atoms with Gasteiger partial charge in [0.1, 0.15) is 0 Å². The van der Waals surface area contributed by atoms with Crippen LogP contribution >= 0.6 is 0 Å². The molecular weight excluding hydrogens is 311 g/mol. The van der Waals surface area contributed by atoms with E-state index in [9.17, 15) is 7.67 Å². The third-order valence-corrected chi connectivity index (χ3v) is 6.49. The van der Waals surface area contributed by atoms with Gasteiger partial charge in [-0.05, 0) is 0 Å². The number of hydrogen-bond donors (Lipinski definition) is 0. The number of rotatable bonds is 4. The average molecular weight is 325 g/mol. The van der Waals surface area contributed by atoms with Gasteiger partial charge in [0, 0.05) is 0 Å². The Bertz CT molecular complexity index is 589. The summed E-state index contributed by atoms with van der Waals surface area (Å²) in [5.74, 6) is 1.26. The third kappa shape index (κ3) is 2.78. The fourth-order valence-electron chi connectivity index (χ4n) is 1.65. The molecular formula is C14H14O4Se. The first-order valence-corrected chi connectivity index (χ1v) is 8.72. The molecule has 0 unspecified atom stereocenters. The van der Waals surface area contributed by atoms with E-state index in [-0.39, 0.29) is 0 Å². The first kappa shape index (κ1) is 13.6. The van der Waals surface area contributed by atoms with Crippen LogP contribution in [0, 0.1) is 0 Å². The minimum absolute atomic E-state index is 0.308. The molecule has 0 radical (unpaired) electrons. The Hall–Kier alpha value is -1.84. The van der Waals surface area contributed by atoms with Gasteiger partial charge in [-0.3, -0.25) is 0 Å². The SMILES string of the molecule is COc1ccc([Se](=O)(=O)c2ccc(OC)cc2)cc1. The summed E-state index contributed by atoms with van der Waals surface area (Å²) >= 11 is -4.34. The van der Waals surface area contributed by atoms with Gasteiger partial charge in [0.25, 0.3) is 0 Å². The molecule has 0 amide bonds. The molecule has 0 bridgehead atoms. The van der Waals surface area contributed by atoms with E-state index in [1.54, 1.807) is 62.8 Å². The van der Waals surface area contributed by atoms with Gasteiger partial charge in [-0.15, -0.1) is 0 Å². The van der Waals surface area contributed by atoms with Crippen LogP contribution in [0.1, 0.15) is 0 Å². The van der Waals surface area contributed by atoms with Crippen LogP contribution in [0.25, 0.3) is 0 Å². The monoisotopic (exact) mass is 326 g/mol. The fraction of sp³-hybridized carbons (Fsp3) is 0.143. The molecule has 2 aromatic rings. The Kier molecular flexibility index (Phi) is 3.88. The molecule has 100 valence electrons. The molecule has 0 saturated carbocycles. The van der Waals surface area contributed by atoms with Crippen molar-refractivity contribution in [3.8, 4) is 11.5 Å². The molecule has 0 fully saturated rings. The molecule has 0 atom stereocenters. The fourth-order valence-corrected chi connectivity index (χ4v) is 4.29. The summed E-state index contributed by atoms with van der Waals surface area (Å²) in [4.78, 5) is 0. The quantitative estimate of drug-likeness (QED) is 0.791. The summed E-state index contributed by atoms with van der Waals surface area (Å²) in [6, 6.07) is 12.8. The van der Waals surface area contributed by atoms with Crippen LogP contribution in [0.5, 0.6) is 11.5 Å². The molecule has 0 aromatic heterocycles. The maximum atomic E-state index is 12.4. The molecule has 4 nitrogen and oxygen atoms in total. The first-order valence-electron chi connectivity index (χ1n) is 5.61. The normalized spacial score (nSPS) is 11.1. The van der Waals surface area contributed by atoms with Crippen LogP contribution in [0.4, 0.5) is 0 Å². The van der Waals surface area contributed by atoms with Gasteiger partial charge in [0.05, 0.1) is 0 Å². The summed E-state index contributed by atoms with van der Waals surface area (Å²) in [7, 11) is 3.08. The van der Waals surface area contributed by atoms with E-state index in [1.165, 1.54) is 0 Å². The Morgan fingerprint density at radius 2 is 1.00 bits per heavy atom. The predicted molar refractivity (Wildman–Crippen MR) is 72.4 cm³/mol. The van der Waals surface area contributed by atoms with Crippen molar-refractivity contribution in [3.63, 3.8) is 0 Å². The minimum atomic E-state index is -4.34. The second-order valence-electron chi connectivity index (χ2n) is 3.85. The van der Waals surface area contributed by atoms with E-state index < -0.39 is 12.7 Å². The van der Waals surface area contributed by atoms with Crippen molar-refractivity contribution in [2.75, 3.05) is 14.2 Å². The van der Waals surface area contributed by atoms with E-state index in [4.69, 9.17) is 9.47 Å². The van der Waals surface area contributed by atoms with E-state index in [1.807, 2.05) is 0 Å². The van der Waals surface area contributed by atoms with Gasteiger partial charge in [-0.2, -0.15) is 0 Å². The van der Waals surface area contributed by atoms with Crippen LogP contribution < -0.4 is 18.4 Å². The van der Waals surface area contributed by atoms with Crippen molar-refractivity contribution in [1.29, 1.82) is 0 Å². The van der Waals surface area contributed by atoms with Gasteiger partial charge >= 0.3 is 113 Å². The van der Waals surface area contributed by atoms with Crippen LogP contribution in [0.3, 0.4) is 0 Å². The topological polar surface area (TPSA) is 52.6 Å². The summed E-state index contributed by atoms with van der Waals surface area (Å²) < 4.78 is 35.5. The predicted octanol–water partition coefficient (Wildman–Crippen LogP) is 1.12. The van der Waals surface area contributed by atoms with Crippen molar-refractivity contribution in [2.24, 2.45) is 0 Å². The molecule has 0 saturated heterocycles. The second kappa shape index (κ2) is 5.43. The molecule has 0 heterocycles. The van der Waals surface area contributed by atoms with Crippen LogP contribution in [-0.2, 0) is 7.67 Å². The molecule has 0 aliphatic rings. The Balaban J connectivity index is 2.39. The summed E-state index contributed by atoms with van der Waals surface area (Å²) in [5.41, 5.74) is 0. The summed E-state index contributed by atoms with van der Waals surface area (Å²) in [6.45, 7) is 0. The van der Waals surface area contributed by atoms with Gasteiger partial charge in [-0.1, -0.05) is 0 Å². The van der Waals surface area contributed by atoms with E-state index >= 15 is 0 Å². The zero-order valence-corrected chi connectivity index (χ0v) is 12.4. The van der Waals surface area contributed by atoms with Gasteiger partial charge in [0.2, 0.25) is 0 Å². The Morgan fingerprint density at radius 3 is 1.26 bits per heavy atom. The molecule has 5 heteroatoms. The average Bonchev–Trinajstić information content (AvgIpc) is 2.47. The standard InChI is InChI=1S/C14H14O4Se/c1-17-11-3-7-13(8-4-11)19(15,16)14-9-5-12(18-2)6-10-14/h3-10H,1-2H3. The van der Waals surface area contributed by atoms with E-state index in [0.717, 1.165) is 0 Å². The summed E-state index contributed by atoms with van der Waals surface area (Å²) in [6.07, 6.45) is 0. The molecule has 0 aliphatic heterocycles. The van der Waals surface area contributed by atoms with E-state index in [0.29, 0.717) is 20.4 Å². The third-order valence-electron chi connectivity index (χ3n) is 2.74. The van der Waals surface area contributed by atoms with Crippen LogP contribution in [0.2, 0.25) is 0 Å². The second-order valence-corrected chi connectivity index (χ2v) is 7.95. The number of hydrogen-bond acceptors (Lipinski definition) is 4. The van der Waals surface area contributed by atoms with Crippen molar-refractivity contribution < 1.29 is 17.1 Å². The molecule has 2 aromatic carbocycles. The summed E-state index contributed by atoms with van der Waals surface area (Å²) in [5, 5.41) is 0.